The van der Waals surface area contributed by atoms with Gasteiger partial charge in [-0.15, -0.1) is 0 Å². The summed E-state index contributed by atoms with van der Waals surface area (Å²) in [7, 11) is 1.63. The number of carbonyl (C=O) groups is 1. The van der Waals surface area contributed by atoms with E-state index in [0.717, 1.165) is 23.2 Å². The molecule has 0 amide bonds. The summed E-state index contributed by atoms with van der Waals surface area (Å²) in [6, 6.07) is 5.72. The van der Waals surface area contributed by atoms with E-state index >= 15 is 0 Å². The monoisotopic (exact) mass is 164 g/mol. The Labute approximate surface area is 72.2 Å². The fraction of sp³-hybridized carbons (Fsp3) is 0.300. The van der Waals surface area contributed by atoms with Crippen LogP contribution in [-0.2, 0) is 11.2 Å². The van der Waals surface area contributed by atoms with Gasteiger partial charge in [-0.3, -0.25) is 0 Å². The molecule has 12 heavy (non-hydrogen) atoms. The first-order chi connectivity index (χ1) is 5.77. The highest BCUT2D eigenvalue weighted by Gasteiger charge is 1.98. The van der Waals surface area contributed by atoms with Crippen molar-refractivity contribution in [3.8, 4) is 5.75 Å². The van der Waals surface area contributed by atoms with Gasteiger partial charge in [0.15, 0.2) is 0 Å². The molecule has 0 spiro atoms. The van der Waals surface area contributed by atoms with Gasteiger partial charge in [0, 0.05) is 6.42 Å². The van der Waals surface area contributed by atoms with Crippen LogP contribution in [0.5, 0.6) is 5.75 Å². The Hall–Kier alpha value is -1.31. The minimum Gasteiger partial charge on any atom is -0.497 e. The number of methoxy groups -OCH3 is 1. The predicted octanol–water partition coefficient (Wildman–Crippen LogP) is 1.75. The van der Waals surface area contributed by atoms with Crippen molar-refractivity contribution in [1.82, 2.24) is 0 Å². The molecule has 0 unspecified atom stereocenters. The Balaban J connectivity index is 2.94. The van der Waals surface area contributed by atoms with E-state index in [0.29, 0.717) is 6.42 Å². The maximum absolute atomic E-state index is 10.2. The number of aldehydes is 1. The van der Waals surface area contributed by atoms with Gasteiger partial charge in [0.2, 0.25) is 0 Å². The van der Waals surface area contributed by atoms with Crippen LogP contribution in [0.25, 0.3) is 0 Å². The lowest BCUT2D eigenvalue weighted by atomic mass is 10.1. The Kier molecular flexibility index (Phi) is 2.86. The van der Waals surface area contributed by atoms with Crippen LogP contribution in [-0.4, -0.2) is 13.4 Å². The van der Waals surface area contributed by atoms with Crippen LogP contribution in [0.2, 0.25) is 0 Å². The zero-order valence-electron chi connectivity index (χ0n) is 7.33. The van der Waals surface area contributed by atoms with Gasteiger partial charge in [-0.25, -0.2) is 0 Å². The van der Waals surface area contributed by atoms with E-state index in [1.165, 1.54) is 0 Å². The molecule has 1 aromatic rings. The highest BCUT2D eigenvalue weighted by atomic mass is 16.5. The van der Waals surface area contributed by atoms with Gasteiger partial charge in [-0.05, 0) is 30.2 Å². The van der Waals surface area contributed by atoms with E-state index < -0.39 is 0 Å². The van der Waals surface area contributed by atoms with Crippen LogP contribution in [0.15, 0.2) is 18.2 Å². The maximum atomic E-state index is 10.2. The number of aryl methyl sites for hydroxylation is 1. The van der Waals surface area contributed by atoms with E-state index in [4.69, 9.17) is 4.74 Å². The van der Waals surface area contributed by atoms with Gasteiger partial charge in [-0.1, -0.05) is 6.07 Å². The lowest BCUT2D eigenvalue weighted by Gasteiger charge is -2.04. The van der Waals surface area contributed by atoms with Gasteiger partial charge in [0.05, 0.1) is 7.11 Å². The number of hydrogen-bond donors (Lipinski definition) is 0. The first-order valence-corrected chi connectivity index (χ1v) is 3.85. The number of ether oxygens (including phenoxy) is 1. The fourth-order valence-electron chi connectivity index (χ4n) is 1.11. The standard InChI is InChI=1S/C10H12O2/c1-8-7-10(12-2)4-3-9(8)5-6-11/h3-4,6-7H,5H2,1-2H3. The Morgan fingerprint density at radius 1 is 1.50 bits per heavy atom. The summed E-state index contributed by atoms with van der Waals surface area (Å²) in [5.41, 5.74) is 2.16. The molecule has 0 heterocycles. The quantitative estimate of drug-likeness (QED) is 0.636. The van der Waals surface area contributed by atoms with Crippen molar-refractivity contribution in [2.45, 2.75) is 13.3 Å². The molecule has 2 heteroatoms. The molecule has 64 valence electrons. The van der Waals surface area contributed by atoms with Crippen LogP contribution in [0, 0.1) is 6.92 Å². The van der Waals surface area contributed by atoms with Crippen molar-refractivity contribution in [3.05, 3.63) is 29.3 Å². The molecule has 1 rings (SSSR count). The van der Waals surface area contributed by atoms with E-state index in [9.17, 15) is 4.79 Å². The molecule has 0 aliphatic heterocycles. The molecule has 0 N–H and O–H groups in total. The molecule has 1 aromatic carbocycles. The van der Waals surface area contributed by atoms with Crippen LogP contribution in [0.4, 0.5) is 0 Å². The Morgan fingerprint density at radius 3 is 2.75 bits per heavy atom. The molecule has 0 radical (unpaired) electrons. The topological polar surface area (TPSA) is 26.3 Å². The summed E-state index contributed by atoms with van der Waals surface area (Å²) < 4.78 is 5.04. The summed E-state index contributed by atoms with van der Waals surface area (Å²) in [6.45, 7) is 1.97. The lowest BCUT2D eigenvalue weighted by molar-refractivity contribution is -0.107. The predicted molar refractivity (Wildman–Crippen MR) is 47.5 cm³/mol. The summed E-state index contributed by atoms with van der Waals surface area (Å²) in [5, 5.41) is 0. The molecular weight excluding hydrogens is 152 g/mol. The molecule has 0 fully saturated rings. The largest absolute Gasteiger partial charge is 0.497 e. The van der Waals surface area contributed by atoms with Gasteiger partial charge < -0.3 is 9.53 Å². The molecule has 0 bridgehead atoms. The Bertz CT molecular complexity index is 279. The summed E-state index contributed by atoms with van der Waals surface area (Å²) in [6.07, 6.45) is 1.39. The van der Waals surface area contributed by atoms with Crippen LogP contribution < -0.4 is 4.74 Å². The molecular formula is C10H12O2. The molecule has 0 aliphatic rings. The number of benzene rings is 1. The second-order valence-corrected chi connectivity index (χ2v) is 2.66. The van der Waals surface area contributed by atoms with Crippen LogP contribution >= 0.6 is 0 Å². The van der Waals surface area contributed by atoms with Crippen LogP contribution in [0.1, 0.15) is 11.1 Å². The first kappa shape index (κ1) is 8.78. The third-order valence-corrected chi connectivity index (χ3v) is 1.85. The highest BCUT2D eigenvalue weighted by Crippen LogP contribution is 2.16. The van der Waals surface area contributed by atoms with Gasteiger partial charge in [0.25, 0.3) is 0 Å². The smallest absolute Gasteiger partial charge is 0.124 e. The van der Waals surface area contributed by atoms with Crippen molar-refractivity contribution in [1.29, 1.82) is 0 Å². The Morgan fingerprint density at radius 2 is 2.25 bits per heavy atom. The van der Waals surface area contributed by atoms with E-state index in [2.05, 4.69) is 0 Å². The normalized spacial score (nSPS) is 9.50. The number of hydrogen-bond acceptors (Lipinski definition) is 2. The number of rotatable bonds is 3. The molecule has 2 nitrogen and oxygen atoms in total. The van der Waals surface area contributed by atoms with Crippen molar-refractivity contribution >= 4 is 6.29 Å². The highest BCUT2D eigenvalue weighted by molar-refractivity contribution is 5.56. The summed E-state index contributed by atoms with van der Waals surface area (Å²) >= 11 is 0. The van der Waals surface area contributed by atoms with E-state index in [1.807, 2.05) is 25.1 Å². The van der Waals surface area contributed by atoms with Crippen LogP contribution in [0.3, 0.4) is 0 Å². The van der Waals surface area contributed by atoms with Gasteiger partial charge >= 0.3 is 0 Å². The third kappa shape index (κ3) is 1.84. The average molecular weight is 164 g/mol. The van der Waals surface area contributed by atoms with Crippen molar-refractivity contribution in [2.75, 3.05) is 7.11 Å². The SMILES string of the molecule is COc1ccc(CC=O)c(C)c1. The summed E-state index contributed by atoms with van der Waals surface area (Å²) in [4.78, 5) is 10.2. The second-order valence-electron chi connectivity index (χ2n) is 2.66. The summed E-state index contributed by atoms with van der Waals surface area (Å²) in [5.74, 6) is 0.835. The minimum absolute atomic E-state index is 0.482. The van der Waals surface area contributed by atoms with Gasteiger partial charge in [-0.2, -0.15) is 0 Å². The fourth-order valence-corrected chi connectivity index (χ4v) is 1.11. The molecule has 0 saturated carbocycles. The van der Waals surface area contributed by atoms with E-state index in [-0.39, 0.29) is 0 Å². The van der Waals surface area contributed by atoms with Crippen molar-refractivity contribution in [3.63, 3.8) is 0 Å². The van der Waals surface area contributed by atoms with Crippen molar-refractivity contribution < 1.29 is 9.53 Å². The lowest BCUT2D eigenvalue weighted by Crippen LogP contribution is -1.91. The molecule has 0 aliphatic carbocycles. The van der Waals surface area contributed by atoms with Crippen molar-refractivity contribution in [2.24, 2.45) is 0 Å². The second kappa shape index (κ2) is 3.90. The molecule has 0 atom stereocenters. The zero-order chi connectivity index (χ0) is 8.97. The minimum atomic E-state index is 0.482. The average Bonchev–Trinajstić information content (AvgIpc) is 2.09. The zero-order valence-corrected chi connectivity index (χ0v) is 7.33. The molecule has 0 saturated heterocycles. The maximum Gasteiger partial charge on any atom is 0.124 e. The first-order valence-electron chi connectivity index (χ1n) is 3.85. The van der Waals surface area contributed by atoms with Gasteiger partial charge in [0.1, 0.15) is 12.0 Å². The van der Waals surface area contributed by atoms with E-state index in [1.54, 1.807) is 7.11 Å². The molecule has 0 aromatic heterocycles. The third-order valence-electron chi connectivity index (χ3n) is 1.85. The number of carbonyl (C=O) groups excluding carboxylic acids is 1.